The number of hydrogen-bond donors (Lipinski definition) is 1. The van der Waals surface area contributed by atoms with Crippen LogP contribution in [0.1, 0.15) is 44.8 Å². The SMILES string of the molecule is COc1ccccc1[C@H](C)NC(=O)c1ccc(C(=O)c2ccccc2)cc1. The van der Waals surface area contributed by atoms with Crippen molar-refractivity contribution >= 4 is 11.7 Å². The van der Waals surface area contributed by atoms with Gasteiger partial charge in [0, 0.05) is 22.3 Å². The van der Waals surface area contributed by atoms with E-state index < -0.39 is 0 Å². The Morgan fingerprint density at radius 3 is 2.00 bits per heavy atom. The topological polar surface area (TPSA) is 55.4 Å². The van der Waals surface area contributed by atoms with E-state index in [4.69, 9.17) is 4.74 Å². The lowest BCUT2D eigenvalue weighted by atomic mass is 10.0. The van der Waals surface area contributed by atoms with Gasteiger partial charge < -0.3 is 10.1 Å². The molecule has 27 heavy (non-hydrogen) atoms. The number of benzene rings is 3. The minimum absolute atomic E-state index is 0.0649. The predicted octanol–water partition coefficient (Wildman–Crippen LogP) is 4.42. The highest BCUT2D eigenvalue weighted by atomic mass is 16.5. The van der Waals surface area contributed by atoms with Crippen LogP contribution < -0.4 is 10.1 Å². The van der Waals surface area contributed by atoms with Crippen LogP contribution in [0.5, 0.6) is 5.75 Å². The summed E-state index contributed by atoms with van der Waals surface area (Å²) in [5.41, 5.74) is 2.58. The molecule has 0 aliphatic carbocycles. The van der Waals surface area contributed by atoms with Crippen LogP contribution in [0, 0.1) is 0 Å². The molecule has 0 fully saturated rings. The average molecular weight is 359 g/mol. The first-order chi connectivity index (χ1) is 13.1. The molecule has 0 saturated heterocycles. The molecule has 3 rings (SSSR count). The van der Waals surface area contributed by atoms with Crippen LogP contribution >= 0.6 is 0 Å². The number of rotatable bonds is 6. The molecule has 1 atom stereocenters. The van der Waals surface area contributed by atoms with Gasteiger partial charge in [-0.2, -0.15) is 0 Å². The third-order valence-electron chi connectivity index (χ3n) is 4.40. The second-order valence-electron chi connectivity index (χ2n) is 6.21. The lowest BCUT2D eigenvalue weighted by Gasteiger charge is -2.17. The Hall–Kier alpha value is -3.40. The number of carbonyl (C=O) groups excluding carboxylic acids is 2. The van der Waals surface area contributed by atoms with Gasteiger partial charge in [0.05, 0.1) is 13.2 Å². The Labute approximate surface area is 158 Å². The minimum atomic E-state index is -0.209. The van der Waals surface area contributed by atoms with Crippen LogP contribution in [0.25, 0.3) is 0 Å². The van der Waals surface area contributed by atoms with Crippen molar-refractivity contribution in [2.75, 3.05) is 7.11 Å². The Morgan fingerprint density at radius 1 is 0.778 bits per heavy atom. The molecule has 136 valence electrons. The van der Waals surface area contributed by atoms with Crippen molar-refractivity contribution in [1.29, 1.82) is 0 Å². The van der Waals surface area contributed by atoms with Crippen molar-refractivity contribution in [3.63, 3.8) is 0 Å². The molecular weight excluding hydrogens is 338 g/mol. The third kappa shape index (κ3) is 4.23. The molecule has 4 nitrogen and oxygen atoms in total. The standard InChI is InChI=1S/C23H21NO3/c1-16(20-10-6-7-11-21(20)27-2)24-23(26)19-14-12-18(13-15-19)22(25)17-8-4-3-5-9-17/h3-16H,1-2H3,(H,24,26)/t16-/m0/s1. The van der Waals surface area contributed by atoms with Crippen LogP contribution in [0.4, 0.5) is 0 Å². The molecule has 1 N–H and O–H groups in total. The Kier molecular flexibility index (Phi) is 5.67. The summed E-state index contributed by atoms with van der Waals surface area (Å²) >= 11 is 0. The largest absolute Gasteiger partial charge is 0.496 e. The second kappa shape index (κ2) is 8.32. The van der Waals surface area contributed by atoms with E-state index in [0.717, 1.165) is 11.3 Å². The van der Waals surface area contributed by atoms with Gasteiger partial charge in [-0.3, -0.25) is 9.59 Å². The second-order valence-corrected chi connectivity index (χ2v) is 6.21. The zero-order valence-electron chi connectivity index (χ0n) is 15.3. The van der Waals surface area contributed by atoms with Gasteiger partial charge in [-0.1, -0.05) is 60.7 Å². The van der Waals surface area contributed by atoms with E-state index in [1.807, 2.05) is 49.4 Å². The maximum atomic E-state index is 12.5. The number of nitrogens with one attached hydrogen (secondary N) is 1. The Bertz CT molecular complexity index is 933. The molecule has 0 bridgehead atoms. The predicted molar refractivity (Wildman–Crippen MR) is 105 cm³/mol. The lowest BCUT2D eigenvalue weighted by molar-refractivity contribution is 0.0938. The van der Waals surface area contributed by atoms with Gasteiger partial charge in [0.15, 0.2) is 5.78 Å². The minimum Gasteiger partial charge on any atom is -0.496 e. The molecule has 0 heterocycles. The van der Waals surface area contributed by atoms with E-state index in [0.29, 0.717) is 16.7 Å². The number of ketones is 1. The maximum absolute atomic E-state index is 12.5. The summed E-state index contributed by atoms with van der Waals surface area (Å²) in [5.74, 6) is 0.464. The molecular formula is C23H21NO3. The van der Waals surface area contributed by atoms with E-state index >= 15 is 0 Å². The molecule has 1 amide bonds. The fourth-order valence-electron chi connectivity index (χ4n) is 2.91. The first kappa shape index (κ1) is 18.4. The third-order valence-corrected chi connectivity index (χ3v) is 4.40. The van der Waals surface area contributed by atoms with Crippen LogP contribution in [0.2, 0.25) is 0 Å². The first-order valence-corrected chi connectivity index (χ1v) is 8.73. The van der Waals surface area contributed by atoms with E-state index in [2.05, 4.69) is 5.32 Å². The van der Waals surface area contributed by atoms with Gasteiger partial charge in [-0.05, 0) is 25.1 Å². The molecule has 0 radical (unpaired) electrons. The van der Waals surface area contributed by atoms with Crippen molar-refractivity contribution in [3.05, 3.63) is 101 Å². The fourth-order valence-corrected chi connectivity index (χ4v) is 2.91. The molecule has 0 saturated carbocycles. The van der Waals surface area contributed by atoms with E-state index in [-0.39, 0.29) is 17.7 Å². The molecule has 4 heteroatoms. The van der Waals surface area contributed by atoms with Crippen LogP contribution in [-0.4, -0.2) is 18.8 Å². The summed E-state index contributed by atoms with van der Waals surface area (Å²) < 4.78 is 5.35. The van der Waals surface area contributed by atoms with Crippen molar-refractivity contribution in [1.82, 2.24) is 5.32 Å². The molecule has 0 aliphatic heterocycles. The van der Waals surface area contributed by atoms with Crippen molar-refractivity contribution in [2.45, 2.75) is 13.0 Å². The summed E-state index contributed by atoms with van der Waals surface area (Å²) in [4.78, 5) is 25.0. The molecule has 0 aliphatic rings. The highest BCUT2D eigenvalue weighted by Crippen LogP contribution is 2.24. The average Bonchev–Trinajstić information content (AvgIpc) is 2.73. The maximum Gasteiger partial charge on any atom is 0.251 e. The zero-order valence-corrected chi connectivity index (χ0v) is 15.3. The Balaban J connectivity index is 1.71. The van der Waals surface area contributed by atoms with E-state index in [9.17, 15) is 9.59 Å². The highest BCUT2D eigenvalue weighted by molar-refractivity contribution is 6.09. The molecule has 0 aromatic heterocycles. The van der Waals surface area contributed by atoms with Crippen LogP contribution in [0.3, 0.4) is 0 Å². The monoisotopic (exact) mass is 359 g/mol. The van der Waals surface area contributed by atoms with Gasteiger partial charge in [0.25, 0.3) is 5.91 Å². The smallest absolute Gasteiger partial charge is 0.251 e. The van der Waals surface area contributed by atoms with Crippen LogP contribution in [0.15, 0.2) is 78.9 Å². The molecule has 0 unspecified atom stereocenters. The number of carbonyl (C=O) groups is 2. The van der Waals surface area contributed by atoms with Crippen molar-refractivity contribution < 1.29 is 14.3 Å². The summed E-state index contributed by atoms with van der Waals surface area (Å²) in [6.45, 7) is 1.91. The number of amides is 1. The zero-order chi connectivity index (χ0) is 19.2. The lowest BCUT2D eigenvalue weighted by Crippen LogP contribution is -2.27. The highest BCUT2D eigenvalue weighted by Gasteiger charge is 2.15. The number of para-hydroxylation sites is 1. The van der Waals surface area contributed by atoms with E-state index in [1.54, 1.807) is 43.5 Å². The quantitative estimate of drug-likeness (QED) is 0.663. The number of hydrogen-bond acceptors (Lipinski definition) is 3. The molecule has 3 aromatic rings. The molecule has 3 aromatic carbocycles. The Morgan fingerprint density at radius 2 is 1.33 bits per heavy atom. The summed E-state index contributed by atoms with van der Waals surface area (Å²) in [5, 5.41) is 2.96. The number of ether oxygens (including phenoxy) is 1. The van der Waals surface area contributed by atoms with Crippen LogP contribution in [-0.2, 0) is 0 Å². The van der Waals surface area contributed by atoms with Crippen molar-refractivity contribution in [3.8, 4) is 5.75 Å². The van der Waals surface area contributed by atoms with Gasteiger partial charge in [0.1, 0.15) is 5.75 Å². The summed E-state index contributed by atoms with van der Waals surface area (Å²) in [6.07, 6.45) is 0. The summed E-state index contributed by atoms with van der Waals surface area (Å²) in [7, 11) is 1.61. The summed E-state index contributed by atoms with van der Waals surface area (Å²) in [6, 6.07) is 23.1. The van der Waals surface area contributed by atoms with Gasteiger partial charge >= 0.3 is 0 Å². The van der Waals surface area contributed by atoms with Gasteiger partial charge in [-0.25, -0.2) is 0 Å². The van der Waals surface area contributed by atoms with Gasteiger partial charge in [-0.15, -0.1) is 0 Å². The van der Waals surface area contributed by atoms with Gasteiger partial charge in [0.2, 0.25) is 0 Å². The first-order valence-electron chi connectivity index (χ1n) is 8.73. The normalized spacial score (nSPS) is 11.5. The fraction of sp³-hybridized carbons (Fsp3) is 0.130. The number of methoxy groups -OCH3 is 1. The molecule has 0 spiro atoms. The van der Waals surface area contributed by atoms with E-state index in [1.165, 1.54) is 0 Å². The van der Waals surface area contributed by atoms with Crippen molar-refractivity contribution in [2.24, 2.45) is 0 Å².